The number of hydrogen-bond donors (Lipinski definition) is 2. The van der Waals surface area contributed by atoms with Crippen LogP contribution in [0, 0.1) is 0 Å². The van der Waals surface area contributed by atoms with Gasteiger partial charge in [-0.05, 0) is 60.4 Å². The quantitative estimate of drug-likeness (QED) is 0.346. The van der Waals surface area contributed by atoms with Crippen molar-refractivity contribution in [2.75, 3.05) is 11.6 Å². The molecule has 3 aromatic carbocycles. The molecule has 0 saturated heterocycles. The molecule has 0 heterocycles. The molecule has 4 nitrogen and oxygen atoms in total. The molecule has 3 rings (SSSR count). The molecular formula is C23H18Cl2N2O2S. The Morgan fingerprint density at radius 3 is 2.40 bits per heavy atom. The van der Waals surface area contributed by atoms with Gasteiger partial charge >= 0.3 is 0 Å². The second kappa shape index (κ2) is 10.3. The molecule has 0 aromatic heterocycles. The summed E-state index contributed by atoms with van der Waals surface area (Å²) in [6.45, 7) is 0. The minimum Gasteiger partial charge on any atom is -0.321 e. The number of carbonyl (C=O) groups is 2. The first-order chi connectivity index (χ1) is 14.5. The maximum atomic E-state index is 13.0. The van der Waals surface area contributed by atoms with E-state index < -0.39 is 11.8 Å². The highest BCUT2D eigenvalue weighted by molar-refractivity contribution is 7.98. The number of benzene rings is 3. The van der Waals surface area contributed by atoms with Crippen LogP contribution in [0.3, 0.4) is 0 Å². The molecule has 0 fully saturated rings. The van der Waals surface area contributed by atoms with Crippen LogP contribution in [-0.2, 0) is 4.79 Å². The van der Waals surface area contributed by atoms with Crippen LogP contribution in [0.1, 0.15) is 15.9 Å². The van der Waals surface area contributed by atoms with Crippen LogP contribution in [0.2, 0.25) is 10.0 Å². The van der Waals surface area contributed by atoms with Gasteiger partial charge in [0, 0.05) is 26.2 Å². The summed E-state index contributed by atoms with van der Waals surface area (Å²) in [7, 11) is 0. The van der Waals surface area contributed by atoms with Gasteiger partial charge in [-0.25, -0.2) is 0 Å². The zero-order valence-electron chi connectivity index (χ0n) is 16.0. The van der Waals surface area contributed by atoms with Gasteiger partial charge in [-0.2, -0.15) is 0 Å². The van der Waals surface area contributed by atoms with E-state index in [1.165, 1.54) is 6.08 Å². The average molecular weight is 457 g/mol. The number of hydrogen-bond acceptors (Lipinski definition) is 3. The summed E-state index contributed by atoms with van der Waals surface area (Å²) in [6, 6.07) is 21.0. The lowest BCUT2D eigenvalue weighted by atomic mass is 10.1. The monoisotopic (exact) mass is 456 g/mol. The van der Waals surface area contributed by atoms with Gasteiger partial charge in [0.2, 0.25) is 0 Å². The van der Waals surface area contributed by atoms with E-state index in [0.29, 0.717) is 26.9 Å². The molecule has 0 spiro atoms. The standard InChI is InChI=1S/C23H18Cl2N2O2S/c1-30-19-9-5-8-18(14-19)26-23(29)21(12-16-10-11-17(24)13-20(16)25)27-22(28)15-6-3-2-4-7-15/h2-14H,1H3,(H,26,29)(H,27,28)/b21-12+. The molecule has 3 aromatic rings. The molecule has 30 heavy (non-hydrogen) atoms. The van der Waals surface area contributed by atoms with E-state index in [-0.39, 0.29) is 5.70 Å². The zero-order chi connectivity index (χ0) is 21.5. The lowest BCUT2D eigenvalue weighted by Gasteiger charge is -2.12. The summed E-state index contributed by atoms with van der Waals surface area (Å²) in [5.41, 5.74) is 1.66. The Labute approximate surface area is 189 Å². The van der Waals surface area contributed by atoms with E-state index in [1.807, 2.05) is 30.5 Å². The Hall–Kier alpha value is -2.73. The average Bonchev–Trinajstić information content (AvgIpc) is 2.75. The third-order valence-electron chi connectivity index (χ3n) is 4.12. The molecule has 0 radical (unpaired) electrons. The van der Waals surface area contributed by atoms with Crippen molar-refractivity contribution in [1.82, 2.24) is 5.32 Å². The molecule has 0 unspecified atom stereocenters. The Kier molecular flexibility index (Phi) is 7.57. The number of thioether (sulfide) groups is 1. The fourth-order valence-corrected chi connectivity index (χ4v) is 3.54. The third kappa shape index (κ3) is 5.89. The number of nitrogens with one attached hydrogen (secondary N) is 2. The van der Waals surface area contributed by atoms with Crippen LogP contribution in [0.15, 0.2) is 83.4 Å². The molecule has 2 N–H and O–H groups in total. The Morgan fingerprint density at radius 2 is 1.70 bits per heavy atom. The first-order valence-electron chi connectivity index (χ1n) is 8.95. The fraction of sp³-hybridized carbons (Fsp3) is 0.0435. The zero-order valence-corrected chi connectivity index (χ0v) is 18.3. The molecule has 0 atom stereocenters. The van der Waals surface area contributed by atoms with Gasteiger partial charge in [0.25, 0.3) is 11.8 Å². The van der Waals surface area contributed by atoms with E-state index in [9.17, 15) is 9.59 Å². The molecule has 0 bridgehead atoms. The van der Waals surface area contributed by atoms with Crippen molar-refractivity contribution in [3.8, 4) is 0 Å². The molecule has 0 aliphatic carbocycles. The van der Waals surface area contributed by atoms with E-state index in [2.05, 4.69) is 10.6 Å². The second-order valence-corrected chi connectivity index (χ2v) is 7.95. The van der Waals surface area contributed by atoms with Crippen molar-refractivity contribution < 1.29 is 9.59 Å². The normalized spacial score (nSPS) is 11.1. The fourth-order valence-electron chi connectivity index (χ4n) is 2.62. The van der Waals surface area contributed by atoms with Gasteiger partial charge in [-0.1, -0.05) is 53.5 Å². The van der Waals surface area contributed by atoms with Crippen molar-refractivity contribution in [1.29, 1.82) is 0 Å². The highest BCUT2D eigenvalue weighted by Crippen LogP contribution is 2.24. The molecule has 7 heteroatoms. The first kappa shape index (κ1) is 22.0. The Morgan fingerprint density at radius 1 is 0.933 bits per heavy atom. The van der Waals surface area contributed by atoms with E-state index in [1.54, 1.807) is 60.3 Å². The summed E-state index contributed by atoms with van der Waals surface area (Å²) < 4.78 is 0. The predicted octanol–water partition coefficient (Wildman–Crippen LogP) is 6.12. The predicted molar refractivity (Wildman–Crippen MR) is 125 cm³/mol. The van der Waals surface area contributed by atoms with Gasteiger partial charge in [0.05, 0.1) is 0 Å². The van der Waals surface area contributed by atoms with E-state index in [4.69, 9.17) is 23.2 Å². The number of rotatable bonds is 6. The molecule has 152 valence electrons. The minimum atomic E-state index is -0.469. The summed E-state index contributed by atoms with van der Waals surface area (Å²) in [6.07, 6.45) is 3.47. The van der Waals surface area contributed by atoms with Crippen molar-refractivity contribution >= 4 is 58.5 Å². The Balaban J connectivity index is 1.92. The SMILES string of the molecule is CSc1cccc(NC(=O)/C(=C\c2ccc(Cl)cc2Cl)NC(=O)c2ccccc2)c1. The summed E-state index contributed by atoms with van der Waals surface area (Å²) in [5.74, 6) is -0.872. The maximum absolute atomic E-state index is 13.0. The maximum Gasteiger partial charge on any atom is 0.272 e. The van der Waals surface area contributed by atoms with Gasteiger partial charge in [-0.3, -0.25) is 9.59 Å². The number of anilines is 1. The lowest BCUT2D eigenvalue weighted by Crippen LogP contribution is -2.30. The van der Waals surface area contributed by atoms with E-state index >= 15 is 0 Å². The van der Waals surface area contributed by atoms with Crippen LogP contribution in [0.25, 0.3) is 6.08 Å². The molecule has 2 amide bonds. The molecule has 0 aliphatic heterocycles. The summed E-state index contributed by atoms with van der Waals surface area (Å²) >= 11 is 13.8. The van der Waals surface area contributed by atoms with Crippen LogP contribution < -0.4 is 10.6 Å². The largest absolute Gasteiger partial charge is 0.321 e. The van der Waals surface area contributed by atoms with Gasteiger partial charge < -0.3 is 10.6 Å². The van der Waals surface area contributed by atoms with Crippen LogP contribution in [0.4, 0.5) is 5.69 Å². The van der Waals surface area contributed by atoms with Crippen molar-refractivity contribution in [2.24, 2.45) is 0 Å². The smallest absolute Gasteiger partial charge is 0.272 e. The molecule has 0 aliphatic rings. The summed E-state index contributed by atoms with van der Waals surface area (Å²) in [4.78, 5) is 26.7. The van der Waals surface area contributed by atoms with Crippen LogP contribution in [-0.4, -0.2) is 18.1 Å². The van der Waals surface area contributed by atoms with E-state index in [0.717, 1.165) is 4.90 Å². The van der Waals surface area contributed by atoms with Crippen LogP contribution in [0.5, 0.6) is 0 Å². The van der Waals surface area contributed by atoms with Crippen molar-refractivity contribution in [3.63, 3.8) is 0 Å². The lowest BCUT2D eigenvalue weighted by molar-refractivity contribution is -0.113. The summed E-state index contributed by atoms with van der Waals surface area (Å²) in [5, 5.41) is 6.35. The van der Waals surface area contributed by atoms with Gasteiger partial charge in [0.15, 0.2) is 0 Å². The number of halogens is 2. The highest BCUT2D eigenvalue weighted by atomic mass is 35.5. The van der Waals surface area contributed by atoms with Gasteiger partial charge in [-0.15, -0.1) is 11.8 Å². The molecular weight excluding hydrogens is 439 g/mol. The molecule has 0 saturated carbocycles. The third-order valence-corrected chi connectivity index (χ3v) is 5.41. The van der Waals surface area contributed by atoms with Crippen molar-refractivity contribution in [3.05, 3.63) is 99.7 Å². The van der Waals surface area contributed by atoms with Gasteiger partial charge in [0.1, 0.15) is 5.70 Å². The minimum absolute atomic E-state index is 0.0580. The first-order valence-corrected chi connectivity index (χ1v) is 10.9. The number of amides is 2. The number of carbonyl (C=O) groups excluding carboxylic acids is 2. The highest BCUT2D eigenvalue weighted by Gasteiger charge is 2.16. The Bertz CT molecular complexity index is 1100. The topological polar surface area (TPSA) is 58.2 Å². The second-order valence-electron chi connectivity index (χ2n) is 6.23. The van der Waals surface area contributed by atoms with Crippen LogP contribution >= 0.6 is 35.0 Å². The van der Waals surface area contributed by atoms with Crippen molar-refractivity contribution in [2.45, 2.75) is 4.90 Å².